The number of H-pyrrole nitrogens is 1. The van der Waals surface area contributed by atoms with E-state index in [-0.39, 0.29) is 17.4 Å². The first-order chi connectivity index (χ1) is 10.0. The number of nitrogens with zero attached hydrogens (tertiary/aromatic N) is 3. The van der Waals surface area contributed by atoms with Crippen molar-refractivity contribution in [3.63, 3.8) is 0 Å². The summed E-state index contributed by atoms with van der Waals surface area (Å²) in [5.41, 5.74) is 0.503. The molecule has 1 atom stereocenters. The Labute approximate surface area is 122 Å². The Balaban J connectivity index is 1.79. The fraction of sp³-hybridized carbons (Fsp3) is 0.429. The number of carbonyl (C=O) groups excluding carboxylic acids is 1. The fourth-order valence-electron chi connectivity index (χ4n) is 2.01. The monoisotopic (exact) mass is 289 g/mol. The van der Waals surface area contributed by atoms with E-state index < -0.39 is 0 Å². The van der Waals surface area contributed by atoms with Crippen LogP contribution in [-0.4, -0.2) is 32.2 Å². The molecule has 1 amide bonds. The van der Waals surface area contributed by atoms with Crippen LogP contribution in [0.3, 0.4) is 0 Å². The van der Waals surface area contributed by atoms with Gasteiger partial charge in [-0.1, -0.05) is 6.92 Å². The van der Waals surface area contributed by atoms with Crippen LogP contribution in [0.2, 0.25) is 0 Å². The van der Waals surface area contributed by atoms with E-state index in [4.69, 9.17) is 0 Å². The quantitative estimate of drug-likeness (QED) is 0.798. The molecular weight excluding hydrogens is 270 g/mol. The lowest BCUT2D eigenvalue weighted by atomic mass is 10.1. The first-order valence-electron chi connectivity index (χ1n) is 6.86. The molecule has 2 rings (SSSR count). The summed E-state index contributed by atoms with van der Waals surface area (Å²) in [5.74, 6) is 0.370. The van der Waals surface area contributed by atoms with Crippen molar-refractivity contribution in [1.29, 1.82) is 0 Å². The third-order valence-corrected chi connectivity index (χ3v) is 3.05. The molecule has 7 heteroatoms. The summed E-state index contributed by atoms with van der Waals surface area (Å²) >= 11 is 0. The molecule has 2 aromatic heterocycles. The summed E-state index contributed by atoms with van der Waals surface area (Å²) in [4.78, 5) is 30.1. The Hall–Kier alpha value is -2.44. The zero-order valence-electron chi connectivity index (χ0n) is 12.2. The average Bonchev–Trinajstić information content (AvgIpc) is 2.90. The summed E-state index contributed by atoms with van der Waals surface area (Å²) in [6.07, 6.45) is 4.01. The maximum Gasteiger partial charge on any atom is 0.251 e. The standard InChI is InChI=1S/C14H19N5O2/c1-10(9-19-7-3-5-16-19)14(21)15-6-4-12-17-11(2)8-13(20)18-12/h3,5,7-8,10H,4,6,9H2,1-2H3,(H,15,21)(H,17,18,20)/t10-/m0/s1. The SMILES string of the molecule is Cc1cc(=O)[nH]c(CCNC(=O)[C@@H](C)Cn2cccn2)n1. The van der Waals surface area contributed by atoms with Crippen LogP contribution in [0.1, 0.15) is 18.4 Å². The second kappa shape index (κ2) is 6.83. The van der Waals surface area contributed by atoms with Gasteiger partial charge in [-0.15, -0.1) is 0 Å². The fourth-order valence-corrected chi connectivity index (χ4v) is 2.01. The van der Waals surface area contributed by atoms with Crippen LogP contribution in [0, 0.1) is 12.8 Å². The predicted molar refractivity (Wildman–Crippen MR) is 77.7 cm³/mol. The normalized spacial score (nSPS) is 12.1. The van der Waals surface area contributed by atoms with Gasteiger partial charge in [0, 0.05) is 37.1 Å². The van der Waals surface area contributed by atoms with Crippen molar-refractivity contribution < 1.29 is 4.79 Å². The Bertz CT molecular complexity index is 648. The van der Waals surface area contributed by atoms with Crippen LogP contribution in [0.15, 0.2) is 29.3 Å². The van der Waals surface area contributed by atoms with Gasteiger partial charge in [0.15, 0.2) is 0 Å². The number of aromatic nitrogens is 4. The Kier molecular flexibility index (Phi) is 4.86. The minimum absolute atomic E-state index is 0.0412. The van der Waals surface area contributed by atoms with Crippen molar-refractivity contribution in [3.8, 4) is 0 Å². The minimum Gasteiger partial charge on any atom is -0.355 e. The van der Waals surface area contributed by atoms with Crippen LogP contribution in [0.4, 0.5) is 0 Å². The first-order valence-corrected chi connectivity index (χ1v) is 6.86. The number of aryl methyl sites for hydroxylation is 1. The van der Waals surface area contributed by atoms with Crippen LogP contribution < -0.4 is 10.9 Å². The molecule has 0 spiro atoms. The van der Waals surface area contributed by atoms with Crippen molar-refractivity contribution >= 4 is 5.91 Å². The van der Waals surface area contributed by atoms with E-state index in [1.807, 2.05) is 19.2 Å². The van der Waals surface area contributed by atoms with Gasteiger partial charge in [0.05, 0.1) is 12.5 Å². The molecule has 21 heavy (non-hydrogen) atoms. The molecule has 0 aliphatic heterocycles. The summed E-state index contributed by atoms with van der Waals surface area (Å²) < 4.78 is 1.73. The Morgan fingerprint density at radius 1 is 1.52 bits per heavy atom. The van der Waals surface area contributed by atoms with E-state index in [2.05, 4.69) is 20.4 Å². The summed E-state index contributed by atoms with van der Waals surface area (Å²) in [6, 6.07) is 3.26. The van der Waals surface area contributed by atoms with Crippen molar-refractivity contribution in [2.75, 3.05) is 6.54 Å². The van der Waals surface area contributed by atoms with Gasteiger partial charge in [0.2, 0.25) is 5.91 Å². The third-order valence-electron chi connectivity index (χ3n) is 3.05. The molecule has 0 fully saturated rings. The highest BCUT2D eigenvalue weighted by atomic mass is 16.2. The largest absolute Gasteiger partial charge is 0.355 e. The summed E-state index contributed by atoms with van der Waals surface area (Å²) in [6.45, 7) is 4.60. The van der Waals surface area contributed by atoms with Gasteiger partial charge in [0.25, 0.3) is 5.56 Å². The van der Waals surface area contributed by atoms with Gasteiger partial charge in [-0.25, -0.2) is 4.98 Å². The molecule has 0 radical (unpaired) electrons. The summed E-state index contributed by atoms with van der Waals surface area (Å²) in [7, 11) is 0. The van der Waals surface area contributed by atoms with Crippen molar-refractivity contribution in [1.82, 2.24) is 25.1 Å². The first kappa shape index (κ1) is 15.0. The number of hydrogen-bond acceptors (Lipinski definition) is 4. The Morgan fingerprint density at radius 3 is 3.00 bits per heavy atom. The zero-order chi connectivity index (χ0) is 15.2. The molecule has 0 aliphatic rings. The van der Waals surface area contributed by atoms with E-state index in [9.17, 15) is 9.59 Å². The second-order valence-electron chi connectivity index (χ2n) is 5.00. The van der Waals surface area contributed by atoms with Crippen LogP contribution in [0.5, 0.6) is 0 Å². The molecule has 112 valence electrons. The molecule has 0 unspecified atom stereocenters. The maximum atomic E-state index is 11.9. The van der Waals surface area contributed by atoms with E-state index in [0.717, 1.165) is 0 Å². The number of aromatic amines is 1. The van der Waals surface area contributed by atoms with Gasteiger partial charge >= 0.3 is 0 Å². The average molecular weight is 289 g/mol. The van der Waals surface area contributed by atoms with Gasteiger partial charge in [-0.05, 0) is 13.0 Å². The Morgan fingerprint density at radius 2 is 2.33 bits per heavy atom. The number of carbonyl (C=O) groups is 1. The maximum absolute atomic E-state index is 11.9. The lowest BCUT2D eigenvalue weighted by Gasteiger charge is -2.12. The molecule has 2 N–H and O–H groups in total. The lowest BCUT2D eigenvalue weighted by Crippen LogP contribution is -2.33. The smallest absolute Gasteiger partial charge is 0.251 e. The third kappa shape index (κ3) is 4.55. The second-order valence-corrected chi connectivity index (χ2v) is 5.00. The molecule has 2 heterocycles. The molecule has 0 saturated carbocycles. The van der Waals surface area contributed by atoms with Crippen LogP contribution >= 0.6 is 0 Å². The van der Waals surface area contributed by atoms with Gasteiger partial charge in [0.1, 0.15) is 5.82 Å². The number of amides is 1. The minimum atomic E-state index is -0.172. The van der Waals surface area contributed by atoms with Crippen molar-refractivity contribution in [2.45, 2.75) is 26.8 Å². The summed E-state index contributed by atoms with van der Waals surface area (Å²) in [5, 5.41) is 6.91. The van der Waals surface area contributed by atoms with E-state index >= 15 is 0 Å². The highest BCUT2D eigenvalue weighted by Crippen LogP contribution is 2.00. The van der Waals surface area contributed by atoms with Gasteiger partial charge in [-0.3, -0.25) is 14.3 Å². The molecule has 0 bridgehead atoms. The number of hydrogen-bond donors (Lipinski definition) is 2. The molecule has 0 saturated heterocycles. The molecule has 0 aliphatic carbocycles. The zero-order valence-corrected chi connectivity index (χ0v) is 12.2. The highest BCUT2D eigenvalue weighted by molar-refractivity contribution is 5.78. The van der Waals surface area contributed by atoms with Crippen molar-refractivity contribution in [2.24, 2.45) is 5.92 Å². The topological polar surface area (TPSA) is 92.7 Å². The lowest BCUT2D eigenvalue weighted by molar-refractivity contribution is -0.124. The molecule has 0 aromatic carbocycles. The van der Waals surface area contributed by atoms with E-state index in [0.29, 0.717) is 31.0 Å². The molecular formula is C14H19N5O2. The van der Waals surface area contributed by atoms with Gasteiger partial charge < -0.3 is 10.3 Å². The molecule has 2 aromatic rings. The number of rotatable bonds is 6. The number of nitrogens with one attached hydrogen (secondary N) is 2. The van der Waals surface area contributed by atoms with Gasteiger partial charge in [-0.2, -0.15) is 5.10 Å². The van der Waals surface area contributed by atoms with E-state index in [1.54, 1.807) is 17.8 Å². The van der Waals surface area contributed by atoms with Crippen molar-refractivity contribution in [3.05, 3.63) is 46.4 Å². The predicted octanol–water partition coefficient (Wildman–Crippen LogP) is 0.270. The van der Waals surface area contributed by atoms with Crippen LogP contribution in [-0.2, 0) is 17.8 Å². The van der Waals surface area contributed by atoms with Crippen LogP contribution in [0.25, 0.3) is 0 Å². The molecule has 7 nitrogen and oxygen atoms in total. The van der Waals surface area contributed by atoms with E-state index in [1.165, 1.54) is 6.07 Å². The highest BCUT2D eigenvalue weighted by Gasteiger charge is 2.13.